The first-order valence-electron chi connectivity index (χ1n) is 11.0. The Morgan fingerprint density at radius 2 is 1.97 bits per heavy atom. The number of aryl methyl sites for hydroxylation is 1. The molecule has 6 nitrogen and oxygen atoms in total. The number of hydrogen-bond donors (Lipinski definition) is 1. The van der Waals surface area contributed by atoms with Crippen LogP contribution < -0.4 is 4.74 Å². The highest BCUT2D eigenvalue weighted by atomic mass is 32.2. The molecule has 2 aliphatic rings. The molecule has 0 bridgehead atoms. The number of likely N-dealkylation sites (tertiary alicyclic amines) is 1. The van der Waals surface area contributed by atoms with E-state index < -0.39 is 10.0 Å². The van der Waals surface area contributed by atoms with Crippen LogP contribution in [0.3, 0.4) is 0 Å². The van der Waals surface area contributed by atoms with Gasteiger partial charge in [-0.2, -0.15) is 4.31 Å². The van der Waals surface area contributed by atoms with Crippen LogP contribution in [-0.2, 0) is 23.0 Å². The minimum absolute atomic E-state index is 0.0178. The van der Waals surface area contributed by atoms with E-state index in [2.05, 4.69) is 18.7 Å². The Morgan fingerprint density at radius 1 is 1.23 bits per heavy atom. The summed E-state index contributed by atoms with van der Waals surface area (Å²) in [7, 11) is -3.75. The summed E-state index contributed by atoms with van der Waals surface area (Å²) in [6.07, 6.45) is 2.96. The number of thiophene rings is 1. The maximum absolute atomic E-state index is 13.1. The number of para-hydroxylation sites is 1. The van der Waals surface area contributed by atoms with Crippen LogP contribution in [-0.4, -0.2) is 55.0 Å². The maximum atomic E-state index is 13.1. The first-order valence-corrected chi connectivity index (χ1v) is 13.3. The Balaban J connectivity index is 1.42. The molecule has 2 aliphatic heterocycles. The van der Waals surface area contributed by atoms with Crippen molar-refractivity contribution in [2.24, 2.45) is 5.92 Å². The van der Waals surface area contributed by atoms with Crippen LogP contribution >= 0.6 is 11.3 Å². The van der Waals surface area contributed by atoms with Gasteiger partial charge in [0.1, 0.15) is 16.7 Å². The molecule has 1 N–H and O–H groups in total. The molecule has 3 heterocycles. The van der Waals surface area contributed by atoms with E-state index in [0.29, 0.717) is 31.0 Å². The van der Waals surface area contributed by atoms with Crippen LogP contribution in [0.5, 0.6) is 10.8 Å². The van der Waals surface area contributed by atoms with E-state index in [4.69, 9.17) is 4.74 Å². The normalized spacial score (nSPS) is 19.0. The number of phenolic OH excluding ortho intramolecular Hbond substituents is 1. The Bertz CT molecular complexity index is 1020. The van der Waals surface area contributed by atoms with Gasteiger partial charge in [-0.05, 0) is 55.4 Å². The smallest absolute Gasteiger partial charge is 0.247 e. The Hall–Kier alpha value is -1.61. The minimum Gasteiger partial charge on any atom is -0.506 e. The van der Waals surface area contributed by atoms with Crippen LogP contribution in [0.25, 0.3) is 0 Å². The van der Waals surface area contributed by atoms with Crippen molar-refractivity contribution >= 4 is 21.4 Å². The van der Waals surface area contributed by atoms with Crippen LogP contribution in [0.1, 0.15) is 42.7 Å². The van der Waals surface area contributed by atoms with Gasteiger partial charge in [0.05, 0.1) is 0 Å². The van der Waals surface area contributed by atoms with Crippen molar-refractivity contribution in [2.75, 3.05) is 26.2 Å². The lowest BCUT2D eigenvalue weighted by atomic mass is 10.1. The zero-order valence-corrected chi connectivity index (χ0v) is 20.1. The largest absolute Gasteiger partial charge is 0.506 e. The zero-order valence-electron chi connectivity index (χ0n) is 18.5. The second kappa shape index (κ2) is 9.10. The van der Waals surface area contributed by atoms with Gasteiger partial charge in [0.15, 0.2) is 5.06 Å². The van der Waals surface area contributed by atoms with Crippen molar-refractivity contribution in [3.63, 3.8) is 0 Å². The molecule has 0 aliphatic carbocycles. The predicted molar refractivity (Wildman–Crippen MR) is 123 cm³/mol. The van der Waals surface area contributed by atoms with Gasteiger partial charge < -0.3 is 14.7 Å². The second-order valence-electron chi connectivity index (χ2n) is 9.04. The predicted octanol–water partition coefficient (Wildman–Crippen LogP) is 4.01. The summed E-state index contributed by atoms with van der Waals surface area (Å²) in [4.78, 5) is 3.69. The van der Waals surface area contributed by atoms with E-state index in [1.165, 1.54) is 15.2 Å². The molecular formula is C23H32N2O4S2. The molecule has 1 saturated heterocycles. The highest BCUT2D eigenvalue weighted by Crippen LogP contribution is 2.37. The summed E-state index contributed by atoms with van der Waals surface area (Å²) in [5, 5.41) is 11.2. The highest BCUT2D eigenvalue weighted by Gasteiger charge is 2.32. The van der Waals surface area contributed by atoms with E-state index in [9.17, 15) is 13.5 Å². The van der Waals surface area contributed by atoms with E-state index in [1.54, 1.807) is 30.4 Å². The van der Waals surface area contributed by atoms with Crippen LogP contribution in [0.15, 0.2) is 29.2 Å². The zero-order chi connectivity index (χ0) is 22.2. The molecule has 8 heteroatoms. The number of piperidine rings is 1. The number of phenols is 1. The van der Waals surface area contributed by atoms with E-state index in [0.717, 1.165) is 43.1 Å². The molecule has 1 fully saturated rings. The van der Waals surface area contributed by atoms with Crippen LogP contribution in [0.2, 0.25) is 0 Å². The third kappa shape index (κ3) is 4.92. The van der Waals surface area contributed by atoms with Crippen molar-refractivity contribution in [3.05, 3.63) is 40.3 Å². The fourth-order valence-electron chi connectivity index (χ4n) is 4.41. The van der Waals surface area contributed by atoms with Crippen LogP contribution in [0.4, 0.5) is 0 Å². The standard InChI is InChI=1S/C23H32N2O4S2/c1-16(2)14-24-10-7-19(8-11-24)29-22-13-18-15-25(12-9-20(18)30-22)31(27,28)21-6-4-5-17(3)23(21)26/h4-6,13,16,19,26H,7-12,14-15H2,1-3H3. The molecule has 1 aromatic heterocycles. The molecule has 0 saturated carbocycles. The van der Waals surface area contributed by atoms with Gasteiger partial charge in [-0.25, -0.2) is 8.42 Å². The van der Waals surface area contributed by atoms with Gasteiger partial charge in [0.2, 0.25) is 10.0 Å². The molecule has 4 rings (SSSR count). The fraction of sp³-hybridized carbons (Fsp3) is 0.565. The summed E-state index contributed by atoms with van der Waals surface area (Å²) in [5.41, 5.74) is 1.57. The number of hydrogen-bond acceptors (Lipinski definition) is 6. The minimum atomic E-state index is -3.75. The molecular weight excluding hydrogens is 432 g/mol. The number of aromatic hydroxyl groups is 1. The Morgan fingerprint density at radius 3 is 2.68 bits per heavy atom. The van der Waals surface area contributed by atoms with Crippen molar-refractivity contribution in [1.82, 2.24) is 9.21 Å². The molecule has 31 heavy (non-hydrogen) atoms. The molecule has 170 valence electrons. The molecule has 1 aromatic carbocycles. The third-order valence-electron chi connectivity index (χ3n) is 6.07. The number of fused-ring (bicyclic) bond motifs is 1. The van der Waals surface area contributed by atoms with Crippen molar-refractivity contribution in [2.45, 2.75) is 57.6 Å². The molecule has 2 aromatic rings. The highest BCUT2D eigenvalue weighted by molar-refractivity contribution is 7.89. The van der Waals surface area contributed by atoms with E-state index >= 15 is 0 Å². The second-order valence-corrected chi connectivity index (χ2v) is 12.0. The summed E-state index contributed by atoms with van der Waals surface area (Å²) in [6.45, 7) is 10.2. The van der Waals surface area contributed by atoms with Gasteiger partial charge >= 0.3 is 0 Å². The number of nitrogens with zero attached hydrogens (tertiary/aromatic N) is 2. The topological polar surface area (TPSA) is 70.1 Å². The lowest BCUT2D eigenvalue weighted by molar-refractivity contribution is 0.0968. The molecule has 0 atom stereocenters. The SMILES string of the molecule is Cc1cccc(S(=O)(=O)N2CCc3sc(OC4CCN(CC(C)C)CC4)cc3C2)c1O. The molecule has 0 amide bonds. The summed E-state index contributed by atoms with van der Waals surface area (Å²) >= 11 is 1.65. The van der Waals surface area contributed by atoms with Crippen molar-refractivity contribution < 1.29 is 18.3 Å². The van der Waals surface area contributed by atoms with Gasteiger partial charge in [0.25, 0.3) is 0 Å². The molecule has 0 unspecified atom stereocenters. The summed E-state index contributed by atoms with van der Waals surface area (Å²) < 4.78 is 34.0. The summed E-state index contributed by atoms with van der Waals surface area (Å²) in [5.74, 6) is 0.522. The van der Waals surface area contributed by atoms with E-state index in [-0.39, 0.29) is 16.7 Å². The average molecular weight is 465 g/mol. The van der Waals surface area contributed by atoms with Gasteiger partial charge in [-0.1, -0.05) is 26.0 Å². The van der Waals surface area contributed by atoms with Gasteiger partial charge in [0, 0.05) is 37.6 Å². The van der Waals surface area contributed by atoms with Gasteiger partial charge in [-0.3, -0.25) is 0 Å². The number of sulfonamides is 1. The maximum Gasteiger partial charge on any atom is 0.247 e. The molecule has 0 spiro atoms. The first-order chi connectivity index (χ1) is 14.7. The lowest BCUT2D eigenvalue weighted by Gasteiger charge is -2.32. The van der Waals surface area contributed by atoms with Gasteiger partial charge in [-0.15, -0.1) is 11.3 Å². The first kappa shape index (κ1) is 22.6. The lowest BCUT2D eigenvalue weighted by Crippen LogP contribution is -2.39. The van der Waals surface area contributed by atoms with Crippen LogP contribution in [0, 0.1) is 12.8 Å². The monoisotopic (exact) mass is 464 g/mol. The number of benzene rings is 1. The van der Waals surface area contributed by atoms with Crippen molar-refractivity contribution in [3.8, 4) is 10.8 Å². The Labute approximate surface area is 189 Å². The quantitative estimate of drug-likeness (QED) is 0.700. The third-order valence-corrected chi connectivity index (χ3v) is 9.07. The summed E-state index contributed by atoms with van der Waals surface area (Å²) in [6, 6.07) is 6.86. The number of rotatable bonds is 6. The number of ether oxygens (including phenoxy) is 1. The Kier molecular flexibility index (Phi) is 6.62. The van der Waals surface area contributed by atoms with Crippen molar-refractivity contribution in [1.29, 1.82) is 0 Å². The fourth-order valence-corrected chi connectivity index (χ4v) is 7.06. The average Bonchev–Trinajstić information content (AvgIpc) is 3.12. The van der Waals surface area contributed by atoms with E-state index in [1.807, 2.05) is 6.07 Å². The molecule has 0 radical (unpaired) electrons.